The van der Waals surface area contributed by atoms with Gasteiger partial charge in [0.15, 0.2) is 0 Å². The van der Waals surface area contributed by atoms with Crippen LogP contribution in [0.1, 0.15) is 11.1 Å². The number of fused-ring (bicyclic) bond motifs is 1. The molecule has 1 aliphatic rings. The minimum atomic E-state index is -0.411. The van der Waals surface area contributed by atoms with Gasteiger partial charge in [0.05, 0.1) is 19.4 Å². The number of hydrogen-bond acceptors (Lipinski definition) is 4. The molecule has 2 aromatic carbocycles. The minimum Gasteiger partial charge on any atom is -0.466 e. The lowest BCUT2D eigenvalue weighted by atomic mass is 10.0. The van der Waals surface area contributed by atoms with Crippen molar-refractivity contribution in [1.82, 2.24) is 0 Å². The summed E-state index contributed by atoms with van der Waals surface area (Å²) >= 11 is 6.11. The van der Waals surface area contributed by atoms with Gasteiger partial charge in [-0.2, -0.15) is 0 Å². The second kappa shape index (κ2) is 6.67. The van der Waals surface area contributed by atoms with E-state index in [1.54, 1.807) is 0 Å². The molecule has 116 valence electrons. The smallest absolute Gasteiger partial charge is 0.332 e. The van der Waals surface area contributed by atoms with Crippen LogP contribution in [-0.4, -0.2) is 25.3 Å². The monoisotopic (exact) mass is 326 g/mol. The normalized spacial score (nSPS) is 15.2. The second-order valence-corrected chi connectivity index (χ2v) is 5.47. The van der Waals surface area contributed by atoms with Crippen LogP contribution in [-0.2, 0) is 9.53 Å². The summed E-state index contributed by atoms with van der Waals surface area (Å²) in [6.45, 7) is 0.353. The van der Waals surface area contributed by atoms with E-state index in [-0.39, 0.29) is 0 Å². The molecule has 0 aliphatic carbocycles. The van der Waals surface area contributed by atoms with Crippen molar-refractivity contribution in [3.63, 3.8) is 0 Å². The number of aliphatic imine (C=N–C) groups is 1. The maximum atomic E-state index is 11.5. The number of hydrogen-bond donors (Lipinski definition) is 1. The van der Waals surface area contributed by atoms with Gasteiger partial charge < -0.3 is 10.1 Å². The van der Waals surface area contributed by atoms with Crippen LogP contribution >= 0.6 is 11.6 Å². The number of esters is 1. The Bertz CT molecular complexity index is 812. The van der Waals surface area contributed by atoms with E-state index in [0.717, 1.165) is 22.5 Å². The summed E-state index contributed by atoms with van der Waals surface area (Å²) in [4.78, 5) is 16.2. The molecule has 0 spiro atoms. The first-order valence-corrected chi connectivity index (χ1v) is 7.50. The highest BCUT2D eigenvalue weighted by Gasteiger charge is 2.16. The Morgan fingerprint density at radius 2 is 2.09 bits per heavy atom. The molecule has 0 saturated heterocycles. The van der Waals surface area contributed by atoms with Gasteiger partial charge in [0.25, 0.3) is 0 Å². The van der Waals surface area contributed by atoms with E-state index in [0.29, 0.717) is 17.3 Å². The molecular formula is C18H15ClN2O2. The molecule has 0 unspecified atom stereocenters. The molecule has 23 heavy (non-hydrogen) atoms. The van der Waals surface area contributed by atoms with Crippen LogP contribution in [0.15, 0.2) is 65.3 Å². The first-order chi connectivity index (χ1) is 11.2. The summed E-state index contributed by atoms with van der Waals surface area (Å²) in [5.41, 5.74) is 4.30. The molecule has 0 bridgehead atoms. The number of para-hydroxylation sites is 1. The van der Waals surface area contributed by atoms with Crippen LogP contribution in [0.25, 0.3) is 0 Å². The topological polar surface area (TPSA) is 50.7 Å². The number of benzene rings is 2. The van der Waals surface area contributed by atoms with Crippen molar-refractivity contribution in [3.8, 4) is 0 Å². The number of benzodiazepines with no additional fused rings is 1. The van der Waals surface area contributed by atoms with Gasteiger partial charge in [-0.05, 0) is 18.2 Å². The van der Waals surface area contributed by atoms with Crippen molar-refractivity contribution in [3.05, 3.63) is 76.5 Å². The summed E-state index contributed by atoms with van der Waals surface area (Å²) in [6.07, 6.45) is 1.42. The Morgan fingerprint density at radius 1 is 1.26 bits per heavy atom. The quantitative estimate of drug-likeness (QED) is 0.677. The molecular weight excluding hydrogens is 312 g/mol. The van der Waals surface area contributed by atoms with Gasteiger partial charge in [0, 0.05) is 33.6 Å². The fraction of sp³-hybridized carbons (Fsp3) is 0.111. The number of nitrogens with one attached hydrogen (secondary N) is 1. The zero-order valence-corrected chi connectivity index (χ0v) is 13.3. The maximum absolute atomic E-state index is 11.5. The number of rotatable bonds is 2. The summed E-state index contributed by atoms with van der Waals surface area (Å²) in [5, 5.41) is 3.91. The summed E-state index contributed by atoms with van der Waals surface area (Å²) in [7, 11) is 1.35. The molecule has 0 atom stereocenters. The standard InChI is InChI=1S/C18H15ClN2O2/c1-23-17(22)10-14-11-20-18(12-5-4-6-13(19)9-12)15-7-2-3-8-16(15)21-14/h2-10,21H,11H2,1H3/b14-10-. The lowest BCUT2D eigenvalue weighted by Gasteiger charge is -2.11. The molecule has 2 aromatic rings. The van der Waals surface area contributed by atoms with Crippen LogP contribution in [0.4, 0.5) is 5.69 Å². The van der Waals surface area contributed by atoms with E-state index in [9.17, 15) is 4.79 Å². The fourth-order valence-corrected chi connectivity index (χ4v) is 2.62. The highest BCUT2D eigenvalue weighted by Crippen LogP contribution is 2.25. The Balaban J connectivity index is 2.09. The van der Waals surface area contributed by atoms with E-state index in [1.165, 1.54) is 13.2 Å². The zero-order chi connectivity index (χ0) is 16.2. The molecule has 1 heterocycles. The second-order valence-electron chi connectivity index (χ2n) is 5.04. The van der Waals surface area contributed by atoms with Gasteiger partial charge >= 0.3 is 5.97 Å². The Morgan fingerprint density at radius 3 is 2.87 bits per heavy atom. The molecule has 0 amide bonds. The van der Waals surface area contributed by atoms with Crippen LogP contribution in [0.2, 0.25) is 5.02 Å². The summed E-state index contributed by atoms with van der Waals surface area (Å²) in [5.74, 6) is -0.411. The van der Waals surface area contributed by atoms with Crippen LogP contribution in [0, 0.1) is 0 Å². The van der Waals surface area contributed by atoms with E-state index < -0.39 is 5.97 Å². The third kappa shape index (κ3) is 3.43. The predicted octanol–water partition coefficient (Wildman–Crippen LogP) is 3.66. The first kappa shape index (κ1) is 15.3. The predicted molar refractivity (Wildman–Crippen MR) is 92.1 cm³/mol. The van der Waals surface area contributed by atoms with Crippen molar-refractivity contribution in [2.24, 2.45) is 4.99 Å². The number of carbonyl (C=O) groups excluding carboxylic acids is 1. The lowest BCUT2D eigenvalue weighted by Crippen LogP contribution is -2.06. The van der Waals surface area contributed by atoms with Crippen LogP contribution < -0.4 is 5.32 Å². The highest BCUT2D eigenvalue weighted by atomic mass is 35.5. The SMILES string of the molecule is COC(=O)/C=C1/CN=C(c2cccc(Cl)c2)c2ccccc2N1. The molecule has 3 rings (SSSR count). The van der Waals surface area contributed by atoms with E-state index in [4.69, 9.17) is 11.6 Å². The van der Waals surface area contributed by atoms with Crippen molar-refractivity contribution >= 4 is 29.0 Å². The average molecular weight is 327 g/mol. The van der Waals surface area contributed by atoms with E-state index in [1.807, 2.05) is 48.5 Å². The van der Waals surface area contributed by atoms with E-state index >= 15 is 0 Å². The van der Waals surface area contributed by atoms with Gasteiger partial charge in [-0.1, -0.05) is 41.9 Å². The van der Waals surface area contributed by atoms with Gasteiger partial charge in [-0.15, -0.1) is 0 Å². The van der Waals surface area contributed by atoms with Gasteiger partial charge in [0.1, 0.15) is 0 Å². The fourth-order valence-electron chi connectivity index (χ4n) is 2.43. The lowest BCUT2D eigenvalue weighted by molar-refractivity contribution is -0.134. The summed E-state index contributed by atoms with van der Waals surface area (Å²) in [6, 6.07) is 15.4. The zero-order valence-electron chi connectivity index (χ0n) is 12.5. The largest absolute Gasteiger partial charge is 0.466 e. The van der Waals surface area contributed by atoms with Crippen LogP contribution in [0.3, 0.4) is 0 Å². The van der Waals surface area contributed by atoms with Crippen molar-refractivity contribution in [2.75, 3.05) is 19.0 Å². The number of methoxy groups -OCH3 is 1. The van der Waals surface area contributed by atoms with Crippen molar-refractivity contribution < 1.29 is 9.53 Å². The Kier molecular flexibility index (Phi) is 4.44. The number of nitrogens with zero attached hydrogens (tertiary/aromatic N) is 1. The van der Waals surface area contributed by atoms with Crippen LogP contribution in [0.5, 0.6) is 0 Å². The van der Waals surface area contributed by atoms with Crippen molar-refractivity contribution in [2.45, 2.75) is 0 Å². The average Bonchev–Trinajstić information content (AvgIpc) is 2.74. The molecule has 1 aliphatic heterocycles. The highest BCUT2D eigenvalue weighted by molar-refractivity contribution is 6.31. The van der Waals surface area contributed by atoms with E-state index in [2.05, 4.69) is 15.0 Å². The van der Waals surface area contributed by atoms with Gasteiger partial charge in [-0.3, -0.25) is 4.99 Å². The maximum Gasteiger partial charge on any atom is 0.332 e. The molecule has 4 nitrogen and oxygen atoms in total. The molecule has 0 fully saturated rings. The molecule has 0 radical (unpaired) electrons. The van der Waals surface area contributed by atoms with Gasteiger partial charge in [0.2, 0.25) is 0 Å². The minimum absolute atomic E-state index is 0.353. The molecule has 5 heteroatoms. The van der Waals surface area contributed by atoms with Crippen molar-refractivity contribution in [1.29, 1.82) is 0 Å². The number of ether oxygens (including phenoxy) is 1. The third-order valence-corrected chi connectivity index (χ3v) is 3.71. The third-order valence-electron chi connectivity index (χ3n) is 3.48. The Hall–Kier alpha value is -2.59. The first-order valence-electron chi connectivity index (χ1n) is 7.12. The molecule has 0 saturated carbocycles. The number of halogens is 1. The number of carbonyl (C=O) groups is 1. The molecule has 1 N–H and O–H groups in total. The summed E-state index contributed by atoms with van der Waals surface area (Å²) < 4.78 is 4.69. The number of anilines is 1. The van der Waals surface area contributed by atoms with Gasteiger partial charge in [-0.25, -0.2) is 4.79 Å². The Labute approximate surface area is 139 Å². The molecule has 0 aromatic heterocycles.